The zero-order valence-corrected chi connectivity index (χ0v) is 14.9. The van der Waals surface area contributed by atoms with Crippen molar-refractivity contribution < 1.29 is 9.53 Å². The summed E-state index contributed by atoms with van der Waals surface area (Å²) in [6.45, 7) is 5.04. The summed E-state index contributed by atoms with van der Waals surface area (Å²) in [6.07, 6.45) is 7.08. The molecule has 3 aliphatic heterocycles. The van der Waals surface area contributed by atoms with Gasteiger partial charge in [0, 0.05) is 38.8 Å². The summed E-state index contributed by atoms with van der Waals surface area (Å²) in [6, 6.07) is 6.36. The van der Waals surface area contributed by atoms with Gasteiger partial charge in [-0.25, -0.2) is 0 Å². The van der Waals surface area contributed by atoms with Gasteiger partial charge >= 0.3 is 0 Å². The second-order valence-corrected chi connectivity index (χ2v) is 7.55. The fraction of sp³-hybridized carbons (Fsp3) is 0.650. The molecule has 2 N–H and O–H groups in total. The molecule has 0 bridgehead atoms. The number of carbonyl (C=O) groups is 1. The minimum Gasteiger partial charge on any atom is -0.384 e. The van der Waals surface area contributed by atoms with E-state index in [0.29, 0.717) is 6.10 Å². The fourth-order valence-electron chi connectivity index (χ4n) is 4.30. The van der Waals surface area contributed by atoms with Crippen LogP contribution in [0.5, 0.6) is 0 Å². The Morgan fingerprint density at radius 1 is 1.24 bits per heavy atom. The molecule has 2 saturated heterocycles. The summed E-state index contributed by atoms with van der Waals surface area (Å²) < 4.78 is 5.74. The lowest BCUT2D eigenvalue weighted by molar-refractivity contribution is 0.0613. The maximum Gasteiger partial charge on any atom is 0.253 e. The van der Waals surface area contributed by atoms with Crippen LogP contribution in [0.4, 0.5) is 5.69 Å². The van der Waals surface area contributed by atoms with E-state index < -0.39 is 0 Å². The predicted molar refractivity (Wildman–Crippen MR) is 99.2 cm³/mol. The summed E-state index contributed by atoms with van der Waals surface area (Å²) in [5.41, 5.74) is 3.12. The number of para-hydroxylation sites is 1. The molecule has 0 saturated carbocycles. The van der Waals surface area contributed by atoms with Crippen LogP contribution in [0, 0.1) is 0 Å². The van der Waals surface area contributed by atoms with E-state index in [1.807, 2.05) is 12.1 Å². The van der Waals surface area contributed by atoms with Crippen LogP contribution in [0.3, 0.4) is 0 Å². The Morgan fingerprint density at radius 3 is 2.92 bits per heavy atom. The molecule has 5 nitrogen and oxygen atoms in total. The van der Waals surface area contributed by atoms with Gasteiger partial charge in [-0.05, 0) is 50.2 Å². The molecule has 0 aliphatic carbocycles. The van der Waals surface area contributed by atoms with Gasteiger partial charge in [0.1, 0.15) is 0 Å². The second-order valence-electron chi connectivity index (χ2n) is 7.55. The third kappa shape index (κ3) is 3.98. The molecule has 1 unspecified atom stereocenters. The standard InChI is InChI=1S/C20H29N3O2/c24-20(18-7-1-4-15-5-2-10-21-19(15)18)22-16-8-11-23(12-9-16)14-17-6-3-13-25-17/h1,4,7,16-17,21H,2-3,5-6,8-14H2,(H,22,24). The SMILES string of the molecule is O=C(NC1CCN(CC2CCCO2)CC1)c1cccc2c1NCCC2. The van der Waals surface area contributed by atoms with E-state index >= 15 is 0 Å². The number of fused-ring (bicyclic) bond motifs is 1. The van der Waals surface area contributed by atoms with E-state index in [1.54, 1.807) is 0 Å². The first kappa shape index (κ1) is 16.9. The largest absolute Gasteiger partial charge is 0.384 e. The highest BCUT2D eigenvalue weighted by atomic mass is 16.5. The van der Waals surface area contributed by atoms with Crippen LogP contribution in [0.15, 0.2) is 18.2 Å². The second kappa shape index (κ2) is 7.75. The Hall–Kier alpha value is -1.59. The summed E-state index contributed by atoms with van der Waals surface area (Å²) >= 11 is 0. The highest BCUT2D eigenvalue weighted by Crippen LogP contribution is 2.26. The van der Waals surface area contributed by atoms with E-state index in [2.05, 4.69) is 21.6 Å². The smallest absolute Gasteiger partial charge is 0.253 e. The van der Waals surface area contributed by atoms with Crippen LogP contribution in [0.2, 0.25) is 0 Å². The lowest BCUT2D eigenvalue weighted by Crippen LogP contribution is -2.46. The van der Waals surface area contributed by atoms with Crippen molar-refractivity contribution in [3.05, 3.63) is 29.3 Å². The van der Waals surface area contributed by atoms with Crippen molar-refractivity contribution in [1.29, 1.82) is 0 Å². The predicted octanol–water partition coefficient (Wildman–Crippen LogP) is 2.42. The van der Waals surface area contributed by atoms with Crippen molar-refractivity contribution in [2.24, 2.45) is 0 Å². The van der Waals surface area contributed by atoms with Crippen LogP contribution in [0.1, 0.15) is 48.0 Å². The van der Waals surface area contributed by atoms with E-state index in [1.165, 1.54) is 18.4 Å². The van der Waals surface area contributed by atoms with Crippen LogP contribution < -0.4 is 10.6 Å². The molecule has 1 amide bonds. The van der Waals surface area contributed by atoms with Crippen molar-refractivity contribution in [3.63, 3.8) is 0 Å². The van der Waals surface area contributed by atoms with Crippen molar-refractivity contribution in [3.8, 4) is 0 Å². The molecule has 3 heterocycles. The summed E-state index contributed by atoms with van der Waals surface area (Å²) in [5, 5.41) is 6.68. The van der Waals surface area contributed by atoms with Gasteiger partial charge in [-0.2, -0.15) is 0 Å². The van der Waals surface area contributed by atoms with Gasteiger partial charge < -0.3 is 20.3 Å². The first-order valence-electron chi connectivity index (χ1n) is 9.80. The number of aryl methyl sites for hydroxylation is 1. The maximum atomic E-state index is 12.8. The average Bonchev–Trinajstić information content (AvgIpc) is 3.16. The van der Waals surface area contributed by atoms with Crippen LogP contribution in [-0.2, 0) is 11.2 Å². The van der Waals surface area contributed by atoms with Crippen LogP contribution >= 0.6 is 0 Å². The number of piperidine rings is 1. The Labute approximate surface area is 150 Å². The lowest BCUT2D eigenvalue weighted by Gasteiger charge is -2.33. The number of nitrogens with zero attached hydrogens (tertiary/aromatic N) is 1. The van der Waals surface area contributed by atoms with E-state index in [-0.39, 0.29) is 11.9 Å². The monoisotopic (exact) mass is 343 g/mol. The number of hydrogen-bond acceptors (Lipinski definition) is 4. The topological polar surface area (TPSA) is 53.6 Å². The van der Waals surface area contributed by atoms with Gasteiger partial charge in [0.25, 0.3) is 5.91 Å². The maximum absolute atomic E-state index is 12.8. The Bertz CT molecular complexity index is 605. The zero-order chi connectivity index (χ0) is 17.1. The number of likely N-dealkylation sites (tertiary alicyclic amines) is 1. The molecule has 25 heavy (non-hydrogen) atoms. The van der Waals surface area contributed by atoms with Crippen molar-refractivity contribution >= 4 is 11.6 Å². The van der Waals surface area contributed by atoms with Crippen molar-refractivity contribution in [2.75, 3.05) is 38.1 Å². The number of ether oxygens (including phenoxy) is 1. The van der Waals surface area contributed by atoms with Gasteiger partial charge in [0.2, 0.25) is 0 Å². The van der Waals surface area contributed by atoms with Gasteiger partial charge in [0.05, 0.1) is 17.4 Å². The molecule has 0 radical (unpaired) electrons. The van der Waals surface area contributed by atoms with E-state index in [9.17, 15) is 4.79 Å². The Kier molecular flexibility index (Phi) is 5.22. The molecule has 136 valence electrons. The van der Waals surface area contributed by atoms with E-state index in [0.717, 1.165) is 69.7 Å². The average molecular weight is 343 g/mol. The van der Waals surface area contributed by atoms with Crippen LogP contribution in [0.25, 0.3) is 0 Å². The fourth-order valence-corrected chi connectivity index (χ4v) is 4.30. The molecular formula is C20H29N3O2. The minimum atomic E-state index is 0.0730. The molecule has 1 aromatic carbocycles. The van der Waals surface area contributed by atoms with Crippen molar-refractivity contribution in [1.82, 2.24) is 10.2 Å². The lowest BCUT2D eigenvalue weighted by atomic mass is 9.98. The summed E-state index contributed by atoms with van der Waals surface area (Å²) in [4.78, 5) is 15.3. The third-order valence-corrected chi connectivity index (χ3v) is 5.73. The number of benzene rings is 1. The van der Waals surface area contributed by atoms with Gasteiger partial charge in [-0.3, -0.25) is 4.79 Å². The number of nitrogens with one attached hydrogen (secondary N) is 2. The molecule has 5 heteroatoms. The zero-order valence-electron chi connectivity index (χ0n) is 14.9. The molecule has 0 spiro atoms. The highest BCUT2D eigenvalue weighted by molar-refractivity contribution is 6.00. The molecule has 3 aliphatic rings. The summed E-state index contributed by atoms with van der Waals surface area (Å²) in [7, 11) is 0. The first-order chi connectivity index (χ1) is 12.3. The van der Waals surface area contributed by atoms with Crippen LogP contribution in [-0.4, -0.2) is 55.7 Å². The molecule has 1 atom stereocenters. The minimum absolute atomic E-state index is 0.0730. The van der Waals surface area contributed by atoms with Crippen molar-refractivity contribution in [2.45, 2.75) is 50.7 Å². The van der Waals surface area contributed by atoms with Gasteiger partial charge in [-0.15, -0.1) is 0 Å². The molecule has 2 fully saturated rings. The first-order valence-corrected chi connectivity index (χ1v) is 9.80. The number of anilines is 1. The number of carbonyl (C=O) groups excluding carboxylic acids is 1. The quantitative estimate of drug-likeness (QED) is 0.882. The molecule has 4 rings (SSSR count). The molecular weight excluding hydrogens is 314 g/mol. The van der Waals surface area contributed by atoms with Gasteiger partial charge in [0.15, 0.2) is 0 Å². The normalized spacial score (nSPS) is 24.6. The third-order valence-electron chi connectivity index (χ3n) is 5.73. The highest BCUT2D eigenvalue weighted by Gasteiger charge is 2.26. The summed E-state index contributed by atoms with van der Waals surface area (Å²) in [5.74, 6) is 0.0730. The van der Waals surface area contributed by atoms with E-state index in [4.69, 9.17) is 4.74 Å². The molecule has 1 aromatic rings. The Morgan fingerprint density at radius 2 is 2.12 bits per heavy atom. The number of amides is 1. The van der Waals surface area contributed by atoms with Gasteiger partial charge in [-0.1, -0.05) is 12.1 Å². The number of rotatable bonds is 4. The number of hydrogen-bond donors (Lipinski definition) is 2. The molecule has 0 aromatic heterocycles. The Balaban J connectivity index is 1.30.